The standard InChI is InChI=1S/C37H61N5O21/c1-13-22(47)24(49)19(40-15(3)43)34(56-13)61-30-26(51)25(50)29(32(52)53)60-36(30)58-27-20(41-16(4)44)35(57-14(2)23(27)48)59-28-21(42-17(5)45)33(63-37-31(28)62-37)55-12-11-54-10-9-39-18(46)7-6-8-38/h13-14,19-31,33-37,47-51H,6-12,38H2,1-5H3,(H,39,46)(H,40,43)(H,41,44)(H,42,45)(H,52,53)/t13?,14?,19-,20?,21?,22+,23+,24?,25-,26?,27?,28?,29?,30?,31+,33+,34-,35-,36+,37?/m0/s1. The quantitative estimate of drug-likeness (QED) is 0.0400. The van der Waals surface area contributed by atoms with Crippen LogP contribution in [0.15, 0.2) is 0 Å². The van der Waals surface area contributed by atoms with E-state index in [1.807, 2.05) is 0 Å². The highest BCUT2D eigenvalue weighted by molar-refractivity contribution is 5.76. The van der Waals surface area contributed by atoms with Gasteiger partial charge in [0.05, 0.1) is 32.0 Å². The number of carbonyl (C=O) groups is 5. The van der Waals surface area contributed by atoms with E-state index >= 15 is 0 Å². The van der Waals surface area contributed by atoms with Gasteiger partial charge in [-0.25, -0.2) is 4.79 Å². The van der Waals surface area contributed by atoms with Gasteiger partial charge in [-0.15, -0.1) is 0 Å². The maximum atomic E-state index is 12.8. The van der Waals surface area contributed by atoms with Crippen molar-refractivity contribution in [1.29, 1.82) is 0 Å². The minimum Gasteiger partial charge on any atom is -0.479 e. The fourth-order valence-corrected chi connectivity index (χ4v) is 7.63. The highest BCUT2D eigenvalue weighted by Gasteiger charge is 2.61. The van der Waals surface area contributed by atoms with Crippen molar-refractivity contribution >= 4 is 29.6 Å². The molecule has 11 unspecified atom stereocenters. The molecule has 360 valence electrons. The molecule has 12 N–H and O–H groups in total. The summed E-state index contributed by atoms with van der Waals surface area (Å²) in [4.78, 5) is 61.4. The molecule has 5 aliphatic rings. The van der Waals surface area contributed by atoms with Crippen LogP contribution in [-0.4, -0.2) is 216 Å². The minimum atomic E-state index is -2.14. The molecule has 5 saturated heterocycles. The van der Waals surface area contributed by atoms with Gasteiger partial charge in [-0.1, -0.05) is 0 Å². The lowest BCUT2D eigenvalue weighted by atomic mass is 9.94. The third-order valence-corrected chi connectivity index (χ3v) is 10.8. The first kappa shape index (κ1) is 50.7. The number of hydrogen-bond donors (Lipinski definition) is 11. The second-order valence-corrected chi connectivity index (χ2v) is 15.8. The first-order valence-corrected chi connectivity index (χ1v) is 20.7. The number of ether oxygens (including phenoxy) is 10. The van der Waals surface area contributed by atoms with Crippen molar-refractivity contribution in [2.24, 2.45) is 5.73 Å². The number of aliphatic hydroxyl groups excluding tert-OH is 5. The Morgan fingerprint density at radius 3 is 1.79 bits per heavy atom. The molecule has 0 radical (unpaired) electrons. The van der Waals surface area contributed by atoms with Crippen LogP contribution in [0.25, 0.3) is 0 Å². The van der Waals surface area contributed by atoms with Crippen molar-refractivity contribution in [1.82, 2.24) is 21.3 Å². The SMILES string of the molecule is CC(=O)NC1C(O[C@@H]2OC(C(=O)O)[C@@H](O)C(O)C2O[C@@H]2OC(C)[C@@H](O)C(O)[C@@H]2NC(C)=O)[C@H](O)C(C)O[C@H]1OC1C(NC(C)=O)[C@H](OCCOCCNC(=O)CCCN)OC2O[C@@H]21. The van der Waals surface area contributed by atoms with Gasteiger partial charge < -0.3 is 105 Å². The largest absolute Gasteiger partial charge is 0.479 e. The Labute approximate surface area is 361 Å². The molecule has 0 saturated carbocycles. The third-order valence-electron chi connectivity index (χ3n) is 10.8. The fraction of sp³-hybridized carbons (Fsp3) is 0.865. The molecule has 4 amide bonds. The third kappa shape index (κ3) is 13.0. The number of carboxylic acids is 1. The molecule has 0 aliphatic carbocycles. The first-order valence-electron chi connectivity index (χ1n) is 20.7. The van der Waals surface area contributed by atoms with Crippen molar-refractivity contribution in [2.45, 2.75) is 170 Å². The molecule has 0 aromatic carbocycles. The average molecular weight is 912 g/mol. The number of carboxylic acid groups (broad SMARTS) is 1. The van der Waals surface area contributed by atoms with Crippen LogP contribution in [-0.2, 0) is 71.3 Å². The number of amides is 4. The summed E-state index contributed by atoms with van der Waals surface area (Å²) in [6.45, 7) is 7.19. The van der Waals surface area contributed by atoms with E-state index in [1.165, 1.54) is 20.8 Å². The molecule has 26 nitrogen and oxygen atoms in total. The van der Waals surface area contributed by atoms with Gasteiger partial charge in [-0.3, -0.25) is 19.2 Å². The molecule has 5 fully saturated rings. The zero-order valence-electron chi connectivity index (χ0n) is 35.4. The zero-order valence-corrected chi connectivity index (χ0v) is 35.4. The molecule has 0 bridgehead atoms. The van der Waals surface area contributed by atoms with Gasteiger partial charge >= 0.3 is 5.97 Å². The van der Waals surface area contributed by atoms with E-state index in [9.17, 15) is 54.6 Å². The predicted octanol–water partition coefficient (Wildman–Crippen LogP) is -6.27. The van der Waals surface area contributed by atoms with E-state index in [-0.39, 0.29) is 32.3 Å². The van der Waals surface area contributed by atoms with E-state index in [2.05, 4.69) is 21.3 Å². The molecule has 5 heterocycles. The molecule has 5 rings (SSSR count). The Morgan fingerprint density at radius 2 is 1.17 bits per heavy atom. The highest BCUT2D eigenvalue weighted by Crippen LogP contribution is 2.40. The number of rotatable bonds is 20. The van der Waals surface area contributed by atoms with E-state index < -0.39 is 147 Å². The molecular weight excluding hydrogens is 850 g/mol. The van der Waals surface area contributed by atoms with E-state index in [1.54, 1.807) is 0 Å². The Hall–Kier alpha value is -3.29. The molecule has 20 atom stereocenters. The van der Waals surface area contributed by atoms with Crippen LogP contribution in [0.3, 0.4) is 0 Å². The van der Waals surface area contributed by atoms with Gasteiger partial charge in [-0.2, -0.15) is 0 Å². The van der Waals surface area contributed by atoms with Crippen LogP contribution >= 0.6 is 0 Å². The normalized spacial score (nSPS) is 41.1. The highest BCUT2D eigenvalue weighted by atomic mass is 16.8. The van der Waals surface area contributed by atoms with Crippen molar-refractivity contribution in [2.75, 3.05) is 32.9 Å². The second kappa shape index (κ2) is 22.7. The van der Waals surface area contributed by atoms with Crippen molar-refractivity contribution in [3.05, 3.63) is 0 Å². The van der Waals surface area contributed by atoms with Crippen molar-refractivity contribution in [3.63, 3.8) is 0 Å². The molecule has 26 heteroatoms. The van der Waals surface area contributed by atoms with Gasteiger partial charge in [0.25, 0.3) is 0 Å². The lowest BCUT2D eigenvalue weighted by molar-refractivity contribution is -0.370. The fourth-order valence-electron chi connectivity index (χ4n) is 7.63. The molecule has 63 heavy (non-hydrogen) atoms. The number of aliphatic carboxylic acids is 1. The van der Waals surface area contributed by atoms with Crippen LogP contribution in [0.5, 0.6) is 0 Å². The lowest BCUT2D eigenvalue weighted by Crippen LogP contribution is -2.70. The van der Waals surface area contributed by atoms with Gasteiger partial charge in [0, 0.05) is 33.7 Å². The van der Waals surface area contributed by atoms with Crippen LogP contribution in [0.1, 0.15) is 47.5 Å². The smallest absolute Gasteiger partial charge is 0.335 e. The summed E-state index contributed by atoms with van der Waals surface area (Å²) in [6.07, 6.45) is -25.3. The minimum absolute atomic E-state index is 0.0298. The number of aliphatic hydroxyl groups is 5. The Morgan fingerprint density at radius 1 is 0.603 bits per heavy atom. The predicted molar refractivity (Wildman–Crippen MR) is 204 cm³/mol. The average Bonchev–Trinajstić information content (AvgIpc) is 3.99. The van der Waals surface area contributed by atoms with Crippen molar-refractivity contribution < 1.29 is 102 Å². The summed E-state index contributed by atoms with van der Waals surface area (Å²) < 4.78 is 59.1. The molecule has 0 aromatic rings. The molecule has 0 spiro atoms. The summed E-state index contributed by atoms with van der Waals surface area (Å²) in [5, 5.41) is 75.4. The Bertz CT molecular complexity index is 1570. The van der Waals surface area contributed by atoms with E-state index in [0.717, 1.165) is 13.8 Å². The number of nitrogens with two attached hydrogens (primary N) is 1. The number of carbonyl (C=O) groups excluding carboxylic acids is 4. The van der Waals surface area contributed by atoms with Crippen LogP contribution in [0.4, 0.5) is 0 Å². The lowest BCUT2D eigenvalue weighted by Gasteiger charge is -2.49. The maximum Gasteiger partial charge on any atom is 0.335 e. The molecule has 5 aliphatic heterocycles. The summed E-state index contributed by atoms with van der Waals surface area (Å²) in [5.41, 5.74) is 5.43. The van der Waals surface area contributed by atoms with Gasteiger partial charge in [0.1, 0.15) is 73.1 Å². The summed E-state index contributed by atoms with van der Waals surface area (Å²) in [7, 11) is 0. The maximum absolute atomic E-state index is 12.8. The number of hydrogen-bond acceptors (Lipinski definition) is 21. The Kier molecular flexibility index (Phi) is 18.3. The van der Waals surface area contributed by atoms with E-state index in [4.69, 9.17) is 53.1 Å². The number of nitrogens with one attached hydrogen (secondary N) is 4. The summed E-state index contributed by atoms with van der Waals surface area (Å²) in [6, 6.07) is -4.00. The van der Waals surface area contributed by atoms with Crippen LogP contribution in [0.2, 0.25) is 0 Å². The monoisotopic (exact) mass is 911 g/mol. The number of fused-ring (bicyclic) bond motifs is 1. The van der Waals surface area contributed by atoms with Gasteiger partial charge in [0.2, 0.25) is 23.6 Å². The molecule has 0 aromatic heterocycles. The molecular formula is C37H61N5O21. The Balaban J connectivity index is 1.35. The van der Waals surface area contributed by atoms with Gasteiger partial charge in [0.15, 0.2) is 37.6 Å². The van der Waals surface area contributed by atoms with Crippen molar-refractivity contribution in [3.8, 4) is 0 Å². The second-order valence-electron chi connectivity index (χ2n) is 15.8. The number of epoxide rings is 1. The summed E-state index contributed by atoms with van der Waals surface area (Å²) >= 11 is 0. The first-order chi connectivity index (χ1) is 29.8. The van der Waals surface area contributed by atoms with E-state index in [0.29, 0.717) is 19.4 Å². The van der Waals surface area contributed by atoms with Crippen LogP contribution < -0.4 is 27.0 Å². The summed E-state index contributed by atoms with van der Waals surface area (Å²) in [5.74, 6) is -3.74. The topological polar surface area (TPSA) is 376 Å². The zero-order chi connectivity index (χ0) is 46.3. The van der Waals surface area contributed by atoms with Crippen LogP contribution in [0, 0.1) is 0 Å². The van der Waals surface area contributed by atoms with Gasteiger partial charge in [-0.05, 0) is 26.8 Å².